The Labute approximate surface area is 145 Å². The van der Waals surface area contributed by atoms with Crippen LogP contribution in [0.25, 0.3) is 0 Å². The molecule has 1 atom stereocenters. The second-order valence-corrected chi connectivity index (χ2v) is 5.83. The minimum absolute atomic E-state index is 0.344. The third kappa shape index (κ3) is 3.95. The largest absolute Gasteiger partial charge is 0.385 e. The molecule has 2 N–H and O–H groups in total. The van der Waals surface area contributed by atoms with Gasteiger partial charge in [-0.3, -0.25) is 14.5 Å². The van der Waals surface area contributed by atoms with Crippen LogP contribution in [0.15, 0.2) is 24.3 Å². The summed E-state index contributed by atoms with van der Waals surface area (Å²) in [6.45, 7) is 2.15. The summed E-state index contributed by atoms with van der Waals surface area (Å²) in [7, 11) is 1.57. The van der Waals surface area contributed by atoms with Crippen LogP contribution in [0.4, 0.5) is 4.79 Å². The summed E-state index contributed by atoms with van der Waals surface area (Å²) < 4.78 is 4.88. The number of urea groups is 1. The Morgan fingerprint density at radius 2 is 2.04 bits per heavy atom. The number of hydrogen-bond acceptors (Lipinski definition) is 5. The molecule has 8 heteroatoms. The number of carbonyl (C=O) groups is 3. The molecule has 8 nitrogen and oxygen atoms in total. The summed E-state index contributed by atoms with van der Waals surface area (Å²) in [5.74, 6) is -0.919. The van der Waals surface area contributed by atoms with E-state index in [0.29, 0.717) is 30.7 Å². The molecule has 1 saturated heterocycles. The van der Waals surface area contributed by atoms with Crippen LogP contribution in [-0.4, -0.2) is 49.6 Å². The van der Waals surface area contributed by atoms with E-state index in [9.17, 15) is 14.4 Å². The molecule has 1 aliphatic heterocycles. The molecule has 1 fully saturated rings. The van der Waals surface area contributed by atoms with Crippen molar-refractivity contribution in [1.82, 2.24) is 15.5 Å². The predicted molar refractivity (Wildman–Crippen MR) is 88.3 cm³/mol. The molecule has 1 heterocycles. The van der Waals surface area contributed by atoms with Gasteiger partial charge in [0.15, 0.2) is 0 Å². The summed E-state index contributed by atoms with van der Waals surface area (Å²) in [6, 6.07) is 7.76. The molecule has 1 aromatic rings. The molecule has 0 aliphatic carbocycles. The first-order chi connectivity index (χ1) is 11.9. The Hall–Kier alpha value is -2.92. The van der Waals surface area contributed by atoms with Crippen molar-refractivity contribution in [3.63, 3.8) is 0 Å². The van der Waals surface area contributed by atoms with E-state index in [-0.39, 0.29) is 6.54 Å². The van der Waals surface area contributed by atoms with Gasteiger partial charge in [-0.25, -0.2) is 4.79 Å². The van der Waals surface area contributed by atoms with E-state index in [1.54, 1.807) is 38.3 Å². The Morgan fingerprint density at radius 3 is 2.64 bits per heavy atom. The highest BCUT2D eigenvalue weighted by Gasteiger charge is 2.49. The monoisotopic (exact) mass is 344 g/mol. The molecule has 1 unspecified atom stereocenters. The zero-order valence-corrected chi connectivity index (χ0v) is 14.2. The molecule has 0 spiro atoms. The lowest BCUT2D eigenvalue weighted by molar-refractivity contribution is -0.134. The van der Waals surface area contributed by atoms with Crippen molar-refractivity contribution in [1.29, 1.82) is 5.26 Å². The molecule has 0 saturated carbocycles. The Morgan fingerprint density at radius 1 is 1.36 bits per heavy atom. The fraction of sp³-hybridized carbons (Fsp3) is 0.412. The fourth-order valence-electron chi connectivity index (χ4n) is 2.56. The van der Waals surface area contributed by atoms with E-state index >= 15 is 0 Å². The van der Waals surface area contributed by atoms with Gasteiger partial charge in [0.25, 0.3) is 5.91 Å². The number of rotatable bonds is 7. The van der Waals surface area contributed by atoms with Gasteiger partial charge in [-0.1, -0.05) is 12.1 Å². The van der Waals surface area contributed by atoms with Gasteiger partial charge in [0, 0.05) is 20.3 Å². The maximum absolute atomic E-state index is 12.7. The summed E-state index contributed by atoms with van der Waals surface area (Å²) in [5.41, 5.74) is -0.259. The highest BCUT2D eigenvalue weighted by Crippen LogP contribution is 2.28. The van der Waals surface area contributed by atoms with Crippen LogP contribution >= 0.6 is 0 Å². The standard InChI is InChI=1S/C17H20N4O4/c1-17(13-6-4-12(10-18)5-7-13)15(23)21(16(24)20-17)11-14(22)19-8-3-9-25-2/h4-7H,3,8-9,11H2,1-2H3,(H,19,22)(H,20,24). The highest BCUT2D eigenvalue weighted by molar-refractivity contribution is 6.09. The predicted octanol–water partition coefficient (Wildman–Crippen LogP) is 0.478. The van der Waals surface area contributed by atoms with Crippen molar-refractivity contribution in [2.75, 3.05) is 26.8 Å². The van der Waals surface area contributed by atoms with Gasteiger partial charge in [0.05, 0.1) is 11.6 Å². The number of nitriles is 1. The number of hydrogen-bond donors (Lipinski definition) is 2. The van der Waals surface area contributed by atoms with Crippen LogP contribution in [0.5, 0.6) is 0 Å². The van der Waals surface area contributed by atoms with Crippen molar-refractivity contribution >= 4 is 17.8 Å². The minimum atomic E-state index is -1.26. The molecule has 1 aliphatic rings. The lowest BCUT2D eigenvalue weighted by Crippen LogP contribution is -2.43. The lowest BCUT2D eigenvalue weighted by atomic mass is 9.91. The number of amides is 4. The van der Waals surface area contributed by atoms with Crippen LogP contribution in [0.3, 0.4) is 0 Å². The summed E-state index contributed by atoms with van der Waals surface area (Å²) in [5, 5.41) is 14.1. The normalized spacial score (nSPS) is 19.5. The molecule has 2 rings (SSSR count). The van der Waals surface area contributed by atoms with Crippen molar-refractivity contribution in [3.8, 4) is 6.07 Å². The van der Waals surface area contributed by atoms with E-state index in [4.69, 9.17) is 10.00 Å². The minimum Gasteiger partial charge on any atom is -0.385 e. The molecule has 1 aromatic carbocycles. The number of ether oxygens (including phenoxy) is 1. The Bertz CT molecular complexity index is 710. The van der Waals surface area contributed by atoms with E-state index in [1.807, 2.05) is 6.07 Å². The van der Waals surface area contributed by atoms with Crippen molar-refractivity contribution in [2.24, 2.45) is 0 Å². The first-order valence-electron chi connectivity index (χ1n) is 7.82. The fourth-order valence-corrected chi connectivity index (χ4v) is 2.56. The zero-order valence-electron chi connectivity index (χ0n) is 14.2. The zero-order chi connectivity index (χ0) is 18.4. The van der Waals surface area contributed by atoms with E-state index in [0.717, 1.165) is 4.90 Å². The Balaban J connectivity index is 2.05. The molecular weight excluding hydrogens is 324 g/mol. The van der Waals surface area contributed by atoms with Crippen LogP contribution in [0.2, 0.25) is 0 Å². The average Bonchev–Trinajstić information content (AvgIpc) is 2.83. The first-order valence-corrected chi connectivity index (χ1v) is 7.82. The number of imide groups is 1. The van der Waals surface area contributed by atoms with E-state index in [1.165, 1.54) is 0 Å². The van der Waals surface area contributed by atoms with Gasteiger partial charge in [-0.15, -0.1) is 0 Å². The average molecular weight is 344 g/mol. The maximum Gasteiger partial charge on any atom is 0.325 e. The second-order valence-electron chi connectivity index (χ2n) is 5.83. The summed E-state index contributed by atoms with van der Waals surface area (Å²) >= 11 is 0. The molecular formula is C17H20N4O4. The molecule has 0 radical (unpaired) electrons. The first kappa shape index (κ1) is 18.4. The number of methoxy groups -OCH3 is 1. The van der Waals surface area contributed by atoms with E-state index < -0.39 is 23.4 Å². The molecule has 0 aromatic heterocycles. The molecule has 0 bridgehead atoms. The molecule has 132 valence electrons. The van der Waals surface area contributed by atoms with Gasteiger partial charge in [-0.2, -0.15) is 5.26 Å². The van der Waals surface area contributed by atoms with Crippen molar-refractivity contribution in [2.45, 2.75) is 18.9 Å². The maximum atomic E-state index is 12.7. The summed E-state index contributed by atoms with van der Waals surface area (Å²) in [4.78, 5) is 37.6. The molecule has 25 heavy (non-hydrogen) atoms. The topological polar surface area (TPSA) is 112 Å². The van der Waals surface area contributed by atoms with Gasteiger partial charge >= 0.3 is 6.03 Å². The third-order valence-corrected chi connectivity index (χ3v) is 4.02. The van der Waals surface area contributed by atoms with E-state index in [2.05, 4.69) is 10.6 Å². The number of carbonyl (C=O) groups excluding carboxylic acids is 3. The van der Waals surface area contributed by atoms with Crippen LogP contribution in [0, 0.1) is 11.3 Å². The second kappa shape index (κ2) is 7.77. The number of benzene rings is 1. The van der Waals surface area contributed by atoms with Gasteiger partial charge in [0.1, 0.15) is 12.1 Å². The Kier molecular flexibility index (Phi) is 5.72. The highest BCUT2D eigenvalue weighted by atomic mass is 16.5. The molecule has 4 amide bonds. The summed E-state index contributed by atoms with van der Waals surface area (Å²) in [6.07, 6.45) is 0.644. The number of nitrogens with one attached hydrogen (secondary N) is 2. The van der Waals surface area contributed by atoms with Crippen LogP contribution in [0.1, 0.15) is 24.5 Å². The third-order valence-electron chi connectivity index (χ3n) is 4.02. The van der Waals surface area contributed by atoms with Crippen molar-refractivity contribution in [3.05, 3.63) is 35.4 Å². The van der Waals surface area contributed by atoms with Gasteiger partial charge in [-0.05, 0) is 31.0 Å². The van der Waals surface area contributed by atoms with Crippen LogP contribution < -0.4 is 10.6 Å². The smallest absolute Gasteiger partial charge is 0.325 e. The lowest BCUT2D eigenvalue weighted by Gasteiger charge is -2.22. The SMILES string of the molecule is COCCCNC(=O)CN1C(=O)NC(C)(c2ccc(C#N)cc2)C1=O. The van der Waals surface area contributed by atoms with Gasteiger partial charge < -0.3 is 15.4 Å². The quantitative estimate of drug-likeness (QED) is 0.552. The van der Waals surface area contributed by atoms with Crippen molar-refractivity contribution < 1.29 is 19.1 Å². The van der Waals surface area contributed by atoms with Gasteiger partial charge in [0.2, 0.25) is 5.91 Å². The number of nitrogens with zero attached hydrogens (tertiary/aromatic N) is 2. The van der Waals surface area contributed by atoms with Crippen LogP contribution in [-0.2, 0) is 19.9 Å².